The Morgan fingerprint density at radius 2 is 2.08 bits per heavy atom. The molecule has 9 heteroatoms. The Labute approximate surface area is 157 Å². The molecule has 26 heavy (non-hydrogen) atoms. The zero-order valence-corrected chi connectivity index (χ0v) is 15.6. The van der Waals surface area contributed by atoms with Gasteiger partial charge in [-0.05, 0) is 17.7 Å². The van der Waals surface area contributed by atoms with Crippen molar-refractivity contribution >= 4 is 23.5 Å². The lowest BCUT2D eigenvalue weighted by Gasteiger charge is -2.36. The van der Waals surface area contributed by atoms with Crippen molar-refractivity contribution in [2.24, 2.45) is 12.0 Å². The van der Waals surface area contributed by atoms with E-state index in [0.717, 1.165) is 17.9 Å². The minimum Gasteiger partial charge on any atom is -0.349 e. The number of aliphatic imine (C=N–C) groups is 1. The van der Waals surface area contributed by atoms with E-state index in [9.17, 15) is 4.79 Å². The number of rotatable bonds is 4. The van der Waals surface area contributed by atoms with Crippen molar-refractivity contribution in [3.63, 3.8) is 0 Å². The van der Waals surface area contributed by atoms with Gasteiger partial charge >= 0.3 is 0 Å². The second kappa shape index (κ2) is 8.18. The molecule has 0 bridgehead atoms. The first-order chi connectivity index (χ1) is 12.6. The van der Waals surface area contributed by atoms with Crippen LogP contribution in [0, 0.1) is 0 Å². The molecule has 8 nitrogen and oxygen atoms in total. The third-order valence-corrected chi connectivity index (χ3v) is 4.58. The molecule has 0 spiro atoms. The van der Waals surface area contributed by atoms with Crippen LogP contribution >= 0.6 is 11.6 Å². The van der Waals surface area contributed by atoms with Gasteiger partial charge in [0.05, 0.1) is 13.1 Å². The maximum absolute atomic E-state index is 12.5. The molecule has 1 aromatic heterocycles. The first-order valence-electron chi connectivity index (χ1n) is 8.37. The van der Waals surface area contributed by atoms with E-state index in [0.29, 0.717) is 37.2 Å². The summed E-state index contributed by atoms with van der Waals surface area (Å²) in [5.41, 5.74) is 1.07. The van der Waals surface area contributed by atoms with Crippen molar-refractivity contribution in [1.82, 2.24) is 29.9 Å². The lowest BCUT2D eigenvalue weighted by atomic mass is 10.2. The molecule has 138 valence electrons. The van der Waals surface area contributed by atoms with Crippen LogP contribution < -0.4 is 5.32 Å². The molecule has 1 fully saturated rings. The van der Waals surface area contributed by atoms with E-state index >= 15 is 0 Å². The zero-order chi connectivity index (χ0) is 18.5. The largest absolute Gasteiger partial charge is 0.349 e. The Bertz CT molecular complexity index is 787. The normalized spacial score (nSPS) is 15.5. The van der Waals surface area contributed by atoms with Crippen LogP contribution in [-0.4, -0.2) is 63.1 Å². The fourth-order valence-corrected chi connectivity index (χ4v) is 2.95. The first-order valence-corrected chi connectivity index (χ1v) is 8.75. The van der Waals surface area contributed by atoms with Crippen LogP contribution in [0.4, 0.5) is 0 Å². The number of amides is 1. The number of hydrogen-bond acceptors (Lipinski definition) is 4. The minimum absolute atomic E-state index is 0.0767. The van der Waals surface area contributed by atoms with E-state index in [-0.39, 0.29) is 5.91 Å². The molecule has 1 aromatic carbocycles. The summed E-state index contributed by atoms with van der Waals surface area (Å²) in [5.74, 6) is 1.57. The second-order valence-electron chi connectivity index (χ2n) is 6.12. The molecule has 1 saturated heterocycles. The van der Waals surface area contributed by atoms with Crippen molar-refractivity contribution in [2.75, 3.05) is 26.7 Å². The fourth-order valence-electron chi connectivity index (χ4n) is 2.82. The Morgan fingerprint density at radius 1 is 1.31 bits per heavy atom. The predicted molar refractivity (Wildman–Crippen MR) is 99.6 cm³/mol. The highest BCUT2D eigenvalue weighted by Crippen LogP contribution is 2.13. The number of aryl methyl sites for hydroxylation is 1. The van der Waals surface area contributed by atoms with Crippen LogP contribution in [0.1, 0.15) is 11.4 Å². The van der Waals surface area contributed by atoms with Gasteiger partial charge in [0, 0.05) is 38.8 Å². The van der Waals surface area contributed by atoms with Crippen LogP contribution in [0.3, 0.4) is 0 Å². The Kier molecular flexibility index (Phi) is 5.72. The van der Waals surface area contributed by atoms with Gasteiger partial charge in [0.25, 0.3) is 0 Å². The number of nitrogens with zero attached hydrogens (tertiary/aromatic N) is 6. The number of piperazine rings is 1. The van der Waals surface area contributed by atoms with E-state index in [4.69, 9.17) is 11.6 Å². The summed E-state index contributed by atoms with van der Waals surface area (Å²) in [6.07, 6.45) is 1.65. The van der Waals surface area contributed by atoms with E-state index in [2.05, 4.69) is 20.5 Å². The maximum atomic E-state index is 12.5. The zero-order valence-electron chi connectivity index (χ0n) is 14.9. The summed E-state index contributed by atoms with van der Waals surface area (Å²) >= 11 is 5.91. The minimum atomic E-state index is 0.0767. The lowest BCUT2D eigenvalue weighted by molar-refractivity contribution is -0.135. The highest BCUT2D eigenvalue weighted by Gasteiger charge is 2.26. The number of carbonyl (C=O) groups is 1. The van der Waals surface area contributed by atoms with E-state index in [1.54, 1.807) is 13.4 Å². The molecule has 1 aliphatic rings. The van der Waals surface area contributed by atoms with Crippen LogP contribution in [0.5, 0.6) is 0 Å². The predicted octanol–water partition coefficient (Wildman–Crippen LogP) is 0.888. The van der Waals surface area contributed by atoms with Gasteiger partial charge < -0.3 is 19.7 Å². The quantitative estimate of drug-likeness (QED) is 0.634. The standard InChI is InChI=1S/C17H22ClN7O/c1-19-17(20-9-15-22-21-12-23(15)2)25-8-7-24(16(26)11-25)10-13-3-5-14(18)6-4-13/h3-6,12H,7-11H2,1-2H3,(H,19,20). The number of nitrogens with one attached hydrogen (secondary N) is 1. The van der Waals surface area contributed by atoms with E-state index in [1.165, 1.54) is 0 Å². The Morgan fingerprint density at radius 3 is 2.69 bits per heavy atom. The lowest BCUT2D eigenvalue weighted by Crippen LogP contribution is -2.54. The smallest absolute Gasteiger partial charge is 0.242 e. The molecule has 0 saturated carbocycles. The third kappa shape index (κ3) is 4.32. The summed E-state index contributed by atoms with van der Waals surface area (Å²) < 4.78 is 1.84. The van der Waals surface area contributed by atoms with Gasteiger partial charge in [-0.3, -0.25) is 9.79 Å². The van der Waals surface area contributed by atoms with Crippen LogP contribution in [0.25, 0.3) is 0 Å². The molecule has 0 aliphatic carbocycles. The molecule has 1 N–H and O–H groups in total. The van der Waals surface area contributed by atoms with Crippen molar-refractivity contribution in [3.05, 3.63) is 47.0 Å². The highest BCUT2D eigenvalue weighted by molar-refractivity contribution is 6.30. The average Bonchev–Trinajstić information content (AvgIpc) is 3.04. The van der Waals surface area contributed by atoms with Gasteiger partial charge in [0.1, 0.15) is 6.33 Å². The SMILES string of the molecule is CN=C(NCc1nncn1C)N1CCN(Cc2ccc(Cl)cc2)C(=O)C1. The Hall–Kier alpha value is -2.61. The molecule has 2 aromatic rings. The number of guanidine groups is 1. The van der Waals surface area contributed by atoms with Crippen LogP contribution in [0.2, 0.25) is 5.02 Å². The summed E-state index contributed by atoms with van der Waals surface area (Å²) in [6.45, 7) is 2.76. The molecular weight excluding hydrogens is 354 g/mol. The first kappa shape index (κ1) is 18.2. The van der Waals surface area contributed by atoms with E-state index in [1.807, 2.05) is 45.7 Å². The molecule has 1 aliphatic heterocycles. The van der Waals surface area contributed by atoms with Crippen molar-refractivity contribution in [2.45, 2.75) is 13.1 Å². The monoisotopic (exact) mass is 375 g/mol. The summed E-state index contributed by atoms with van der Waals surface area (Å²) in [5, 5.41) is 11.8. The van der Waals surface area contributed by atoms with Crippen molar-refractivity contribution in [1.29, 1.82) is 0 Å². The third-order valence-electron chi connectivity index (χ3n) is 4.33. The summed E-state index contributed by atoms with van der Waals surface area (Å²) in [4.78, 5) is 20.6. The Balaban J connectivity index is 1.55. The number of carbonyl (C=O) groups excluding carboxylic acids is 1. The van der Waals surface area contributed by atoms with Crippen LogP contribution in [-0.2, 0) is 24.9 Å². The van der Waals surface area contributed by atoms with Gasteiger partial charge in [-0.25, -0.2) is 0 Å². The molecule has 1 amide bonds. The van der Waals surface area contributed by atoms with Gasteiger partial charge in [0.15, 0.2) is 11.8 Å². The molecule has 3 rings (SSSR count). The molecule has 0 unspecified atom stereocenters. The second-order valence-corrected chi connectivity index (χ2v) is 6.56. The van der Waals surface area contributed by atoms with Gasteiger partial charge in [-0.2, -0.15) is 0 Å². The number of halogens is 1. The number of aromatic nitrogens is 3. The topological polar surface area (TPSA) is 78.7 Å². The number of hydrogen-bond donors (Lipinski definition) is 1. The molecular formula is C17H22ClN7O. The average molecular weight is 376 g/mol. The fraction of sp³-hybridized carbons (Fsp3) is 0.412. The molecule has 0 radical (unpaired) electrons. The van der Waals surface area contributed by atoms with Gasteiger partial charge in [-0.1, -0.05) is 23.7 Å². The summed E-state index contributed by atoms with van der Waals surface area (Å²) in [6, 6.07) is 7.58. The number of benzene rings is 1. The van der Waals surface area contributed by atoms with Gasteiger partial charge in [-0.15, -0.1) is 10.2 Å². The highest BCUT2D eigenvalue weighted by atomic mass is 35.5. The van der Waals surface area contributed by atoms with Gasteiger partial charge in [0.2, 0.25) is 5.91 Å². The molecule has 0 atom stereocenters. The van der Waals surface area contributed by atoms with Crippen molar-refractivity contribution < 1.29 is 4.79 Å². The molecule has 2 heterocycles. The van der Waals surface area contributed by atoms with E-state index < -0.39 is 0 Å². The summed E-state index contributed by atoms with van der Waals surface area (Å²) in [7, 11) is 3.60. The maximum Gasteiger partial charge on any atom is 0.242 e. The van der Waals surface area contributed by atoms with Crippen LogP contribution in [0.15, 0.2) is 35.6 Å². The van der Waals surface area contributed by atoms with Crippen molar-refractivity contribution in [3.8, 4) is 0 Å².